The van der Waals surface area contributed by atoms with Crippen molar-refractivity contribution in [2.45, 2.75) is 13.3 Å². The van der Waals surface area contributed by atoms with E-state index in [-0.39, 0.29) is 44.4 Å². The number of halogens is 1. The molecule has 0 saturated heterocycles. The molecule has 0 aromatic heterocycles. The summed E-state index contributed by atoms with van der Waals surface area (Å²) in [5.41, 5.74) is 1.22. The van der Waals surface area contributed by atoms with Crippen LogP contribution in [0, 0.1) is 0 Å². The molecule has 3 heteroatoms. The Morgan fingerprint density at radius 3 is 2.00 bits per heavy atom. The Balaban J connectivity index is 0. The molecule has 1 aromatic rings. The van der Waals surface area contributed by atoms with Crippen LogP contribution in [0.1, 0.15) is 12.5 Å². The number of benzene rings is 1. The second-order valence-electron chi connectivity index (χ2n) is 2.00. The molecule has 0 aliphatic carbocycles. The zero-order valence-electron chi connectivity index (χ0n) is 6.30. The molecule has 58 valence electrons. The Bertz CT molecular complexity index is 186. The molecule has 0 aliphatic rings. The molecule has 0 unspecified atom stereocenters. The zero-order valence-corrected chi connectivity index (χ0v) is 9.52. The molecule has 0 radical (unpaired) electrons. The van der Waals surface area contributed by atoms with Gasteiger partial charge in [0, 0.05) is 0 Å². The fraction of sp³-hybridized carbons (Fsp3) is 0.250. The van der Waals surface area contributed by atoms with E-state index in [4.69, 9.17) is 0 Å². The Morgan fingerprint density at radius 1 is 1.18 bits per heavy atom. The van der Waals surface area contributed by atoms with Crippen LogP contribution in [0.4, 0.5) is 0 Å². The molecule has 1 rings (SSSR count). The van der Waals surface area contributed by atoms with Crippen molar-refractivity contribution in [1.29, 1.82) is 0 Å². The second kappa shape index (κ2) is 6.88. The van der Waals surface area contributed by atoms with E-state index in [9.17, 15) is 5.11 Å². The van der Waals surface area contributed by atoms with E-state index in [2.05, 4.69) is 6.92 Å². The summed E-state index contributed by atoms with van der Waals surface area (Å²) in [6.45, 7) is 2.07. The van der Waals surface area contributed by atoms with Crippen LogP contribution in [0.25, 0.3) is 0 Å². The van der Waals surface area contributed by atoms with Crippen LogP contribution in [0.5, 0.6) is 5.75 Å². The first-order chi connectivity index (χ1) is 4.33. The molecule has 0 spiro atoms. The van der Waals surface area contributed by atoms with Gasteiger partial charge in [0.2, 0.25) is 0 Å². The van der Waals surface area contributed by atoms with E-state index in [0.29, 0.717) is 0 Å². The van der Waals surface area contributed by atoms with Crippen LogP contribution in [-0.4, -0.2) is 0 Å². The molecule has 0 bridgehead atoms. The van der Waals surface area contributed by atoms with Gasteiger partial charge in [-0.3, -0.25) is 0 Å². The monoisotopic (exact) mass is 246 g/mol. The van der Waals surface area contributed by atoms with Crippen molar-refractivity contribution in [3.05, 3.63) is 29.8 Å². The van der Waals surface area contributed by atoms with Crippen molar-refractivity contribution >= 4 is 0 Å². The number of hydrogen-bond acceptors (Lipinski definition) is 1. The molecule has 0 amide bonds. The molecule has 11 heavy (non-hydrogen) atoms. The van der Waals surface area contributed by atoms with Crippen molar-refractivity contribution in [2.75, 3.05) is 0 Å². The minimum atomic E-state index is 0. The summed E-state index contributed by atoms with van der Waals surface area (Å²) >= 11 is 0. The summed E-state index contributed by atoms with van der Waals surface area (Å²) in [7, 11) is 0. The van der Waals surface area contributed by atoms with Crippen LogP contribution < -0.4 is 17.5 Å². The Labute approximate surface area is 92.4 Å². The van der Waals surface area contributed by atoms with Crippen molar-refractivity contribution in [3.8, 4) is 5.75 Å². The van der Waals surface area contributed by atoms with Gasteiger partial charge in [0.15, 0.2) is 0 Å². The quantitative estimate of drug-likeness (QED) is 0.582. The maximum atomic E-state index is 10.5. The second-order valence-corrected chi connectivity index (χ2v) is 2.00. The smallest absolute Gasteiger partial charge is 1.00 e. The summed E-state index contributed by atoms with van der Waals surface area (Å²) in [5, 5.41) is 10.5. The van der Waals surface area contributed by atoms with Gasteiger partial charge in [0.25, 0.3) is 0 Å². The molecular weight excluding hydrogens is 239 g/mol. The van der Waals surface area contributed by atoms with Gasteiger partial charge in [0.05, 0.1) is 0 Å². The number of aryl methyl sites for hydroxylation is 1. The third-order valence-corrected chi connectivity index (χ3v) is 1.33. The summed E-state index contributed by atoms with van der Waals surface area (Å²) in [6.07, 6.45) is 1.00. The zero-order chi connectivity index (χ0) is 6.69. The standard InChI is InChI=1S/C8H10O.ClH.Zr/c1-2-7-3-5-8(9)6-4-7;;/h3-6,9H,2H2,1H3;1H;/q;;+2/p-2. The third-order valence-electron chi connectivity index (χ3n) is 1.33. The van der Waals surface area contributed by atoms with Gasteiger partial charge < -0.3 is 17.5 Å². The van der Waals surface area contributed by atoms with Gasteiger partial charge >= 0.3 is 26.2 Å². The molecule has 1 aromatic carbocycles. The molecule has 0 fully saturated rings. The van der Waals surface area contributed by atoms with Gasteiger partial charge in [-0.05, 0) is 12.0 Å². The summed E-state index contributed by atoms with van der Waals surface area (Å²) in [6, 6.07) is 6.92. The summed E-state index contributed by atoms with van der Waals surface area (Å²) < 4.78 is 0. The topological polar surface area (TPSA) is 23.1 Å². The Morgan fingerprint density at radius 2 is 1.64 bits per heavy atom. The van der Waals surface area contributed by atoms with E-state index in [1.54, 1.807) is 12.1 Å². The van der Waals surface area contributed by atoms with Gasteiger partial charge in [-0.25, -0.2) is 0 Å². The van der Waals surface area contributed by atoms with E-state index in [1.165, 1.54) is 5.56 Å². The fourth-order valence-electron chi connectivity index (χ4n) is 0.725. The van der Waals surface area contributed by atoms with E-state index in [0.717, 1.165) is 6.42 Å². The Kier molecular flexibility index (Phi) is 8.60. The minimum Gasteiger partial charge on any atom is -1.00 e. The number of hydrogen-bond donors (Lipinski definition) is 0. The van der Waals surface area contributed by atoms with Crippen LogP contribution in [0.3, 0.4) is 0 Å². The van der Waals surface area contributed by atoms with Gasteiger partial charge in [-0.15, -0.1) is 5.75 Å². The maximum Gasteiger partial charge on any atom is 2.00 e. The average Bonchev–Trinajstić information content (AvgIpc) is 1.90. The normalized spacial score (nSPS) is 7.73. The molecule has 1 nitrogen and oxygen atoms in total. The van der Waals surface area contributed by atoms with Crippen molar-refractivity contribution in [1.82, 2.24) is 0 Å². The van der Waals surface area contributed by atoms with E-state index >= 15 is 0 Å². The van der Waals surface area contributed by atoms with E-state index < -0.39 is 0 Å². The summed E-state index contributed by atoms with van der Waals surface area (Å²) in [5.74, 6) is 0.0900. The first-order valence-electron chi connectivity index (χ1n) is 3.09. The van der Waals surface area contributed by atoms with Crippen LogP contribution >= 0.6 is 0 Å². The predicted octanol–water partition coefficient (Wildman–Crippen LogP) is -1.68. The van der Waals surface area contributed by atoms with Crippen LogP contribution in [0.15, 0.2) is 24.3 Å². The molecule has 0 saturated carbocycles. The van der Waals surface area contributed by atoms with Gasteiger partial charge in [0.1, 0.15) is 0 Å². The largest absolute Gasteiger partial charge is 2.00 e. The number of rotatable bonds is 1. The maximum absolute atomic E-state index is 10.5. The minimum absolute atomic E-state index is 0. The Hall–Kier alpha value is 0.193. The van der Waals surface area contributed by atoms with Crippen molar-refractivity contribution in [3.63, 3.8) is 0 Å². The van der Waals surface area contributed by atoms with Crippen LogP contribution in [0.2, 0.25) is 0 Å². The summed E-state index contributed by atoms with van der Waals surface area (Å²) in [4.78, 5) is 0. The van der Waals surface area contributed by atoms with Crippen LogP contribution in [-0.2, 0) is 32.6 Å². The molecule has 0 N–H and O–H groups in total. The van der Waals surface area contributed by atoms with Crippen molar-refractivity contribution < 1.29 is 43.7 Å². The molecule has 0 heterocycles. The van der Waals surface area contributed by atoms with Crippen molar-refractivity contribution in [2.24, 2.45) is 0 Å². The first-order valence-corrected chi connectivity index (χ1v) is 3.09. The molecular formula is C8H9ClOZr. The third kappa shape index (κ3) is 4.60. The molecule has 0 aliphatic heterocycles. The van der Waals surface area contributed by atoms with Gasteiger partial charge in [-0.2, -0.15) is 0 Å². The fourth-order valence-corrected chi connectivity index (χ4v) is 0.725. The molecule has 0 atom stereocenters. The average molecular weight is 248 g/mol. The van der Waals surface area contributed by atoms with E-state index in [1.807, 2.05) is 12.1 Å². The predicted molar refractivity (Wildman–Crippen MR) is 35.3 cm³/mol. The van der Waals surface area contributed by atoms with Gasteiger partial charge in [-0.1, -0.05) is 31.2 Å². The SMILES string of the molecule is CCc1ccc([O-])cc1.[Cl-].[Zr+2]. The first kappa shape index (κ1) is 13.8.